The monoisotopic (exact) mass is 417 g/mol. The molecule has 2 aromatic heterocycles. The molecule has 0 aliphatic carbocycles. The van der Waals surface area contributed by atoms with E-state index in [9.17, 15) is 13.2 Å². The Morgan fingerprint density at radius 3 is 2.39 bits per heavy atom. The van der Waals surface area contributed by atoms with Gasteiger partial charge in [-0.3, -0.25) is 9.69 Å². The Morgan fingerprint density at radius 1 is 1.07 bits per heavy atom. The number of rotatable bonds is 4. The van der Waals surface area contributed by atoms with Crippen LogP contribution in [0.4, 0.5) is 0 Å². The van der Waals surface area contributed by atoms with Gasteiger partial charge in [-0.2, -0.15) is 4.31 Å². The molecule has 1 fully saturated rings. The van der Waals surface area contributed by atoms with E-state index in [4.69, 9.17) is 0 Å². The fraction of sp³-hybridized carbons (Fsp3) is 0.350. The molecular formula is C20H23N3O3S2. The van der Waals surface area contributed by atoms with Crippen molar-refractivity contribution in [3.05, 3.63) is 57.8 Å². The number of hydrogen-bond acceptors (Lipinski definition) is 5. The third-order valence-corrected chi connectivity index (χ3v) is 7.62. The summed E-state index contributed by atoms with van der Waals surface area (Å²) in [4.78, 5) is 16.0. The lowest BCUT2D eigenvalue weighted by atomic mass is 10.1. The minimum absolute atomic E-state index is 0.0130. The number of piperazine rings is 1. The molecule has 0 amide bonds. The SMILES string of the molecule is Cn1cc(-c2ccccc2)c2sc(CN3CCN(S(C)(=O)=O)CC3)cc2c1=O. The van der Waals surface area contributed by atoms with E-state index in [1.165, 1.54) is 10.6 Å². The van der Waals surface area contributed by atoms with Gasteiger partial charge in [-0.15, -0.1) is 11.3 Å². The van der Waals surface area contributed by atoms with Gasteiger partial charge in [-0.05, 0) is 11.6 Å². The highest BCUT2D eigenvalue weighted by Gasteiger charge is 2.24. The second kappa shape index (κ2) is 7.44. The van der Waals surface area contributed by atoms with Crippen LogP contribution in [0.15, 0.2) is 47.4 Å². The predicted molar refractivity (Wildman–Crippen MR) is 114 cm³/mol. The number of fused-ring (bicyclic) bond motifs is 1. The lowest BCUT2D eigenvalue weighted by molar-refractivity contribution is 0.183. The molecule has 0 bridgehead atoms. The maximum absolute atomic E-state index is 12.7. The maximum atomic E-state index is 12.7. The number of pyridine rings is 1. The van der Waals surface area contributed by atoms with Gasteiger partial charge in [0.05, 0.1) is 11.6 Å². The Kier molecular flexibility index (Phi) is 5.13. The zero-order valence-corrected chi connectivity index (χ0v) is 17.6. The van der Waals surface area contributed by atoms with Crippen LogP contribution in [0.5, 0.6) is 0 Å². The van der Waals surface area contributed by atoms with E-state index in [-0.39, 0.29) is 5.56 Å². The van der Waals surface area contributed by atoms with Crippen molar-refractivity contribution in [2.45, 2.75) is 6.54 Å². The highest BCUT2D eigenvalue weighted by atomic mass is 32.2. The van der Waals surface area contributed by atoms with Crippen LogP contribution in [-0.4, -0.2) is 54.6 Å². The highest BCUT2D eigenvalue weighted by molar-refractivity contribution is 7.88. The molecule has 1 aromatic carbocycles. The van der Waals surface area contributed by atoms with Gasteiger partial charge in [0.15, 0.2) is 0 Å². The minimum Gasteiger partial charge on any atom is -0.317 e. The van der Waals surface area contributed by atoms with Crippen molar-refractivity contribution in [1.29, 1.82) is 0 Å². The van der Waals surface area contributed by atoms with Gasteiger partial charge in [0.2, 0.25) is 10.0 Å². The van der Waals surface area contributed by atoms with Crippen LogP contribution >= 0.6 is 11.3 Å². The van der Waals surface area contributed by atoms with Gasteiger partial charge in [0, 0.05) is 61.1 Å². The quantitative estimate of drug-likeness (QED) is 0.654. The smallest absolute Gasteiger partial charge is 0.259 e. The average molecular weight is 418 g/mol. The van der Waals surface area contributed by atoms with Gasteiger partial charge in [-0.25, -0.2) is 8.42 Å². The van der Waals surface area contributed by atoms with E-state index in [1.54, 1.807) is 23.0 Å². The first-order chi connectivity index (χ1) is 13.3. The third kappa shape index (κ3) is 3.77. The van der Waals surface area contributed by atoms with E-state index in [1.807, 2.05) is 30.5 Å². The lowest BCUT2D eigenvalue weighted by Crippen LogP contribution is -2.47. The van der Waals surface area contributed by atoms with Crippen molar-refractivity contribution in [2.24, 2.45) is 7.05 Å². The molecule has 3 heterocycles. The molecule has 0 spiro atoms. The fourth-order valence-corrected chi connectivity index (χ4v) is 5.69. The second-order valence-corrected chi connectivity index (χ2v) is 10.3. The molecule has 0 radical (unpaired) electrons. The van der Waals surface area contributed by atoms with E-state index in [2.05, 4.69) is 17.0 Å². The van der Waals surface area contributed by atoms with Gasteiger partial charge < -0.3 is 4.57 Å². The molecule has 6 nitrogen and oxygen atoms in total. The van der Waals surface area contributed by atoms with E-state index < -0.39 is 10.0 Å². The van der Waals surface area contributed by atoms with Crippen LogP contribution in [0.2, 0.25) is 0 Å². The van der Waals surface area contributed by atoms with Crippen molar-refractivity contribution in [3.63, 3.8) is 0 Å². The summed E-state index contributed by atoms with van der Waals surface area (Å²) in [5.74, 6) is 0. The van der Waals surface area contributed by atoms with Gasteiger partial charge >= 0.3 is 0 Å². The van der Waals surface area contributed by atoms with Crippen LogP contribution in [0.25, 0.3) is 21.2 Å². The summed E-state index contributed by atoms with van der Waals surface area (Å²) in [5.41, 5.74) is 2.17. The molecule has 8 heteroatoms. The van der Waals surface area contributed by atoms with Crippen LogP contribution < -0.4 is 5.56 Å². The van der Waals surface area contributed by atoms with E-state index >= 15 is 0 Å². The summed E-state index contributed by atoms with van der Waals surface area (Å²) >= 11 is 1.65. The Bertz CT molecular complexity index is 1160. The van der Waals surface area contributed by atoms with Crippen LogP contribution in [0.1, 0.15) is 4.88 Å². The third-order valence-electron chi connectivity index (χ3n) is 5.17. The Morgan fingerprint density at radius 2 is 1.75 bits per heavy atom. The number of hydrogen-bond donors (Lipinski definition) is 0. The summed E-state index contributed by atoms with van der Waals surface area (Å²) in [7, 11) is -1.34. The highest BCUT2D eigenvalue weighted by Crippen LogP contribution is 2.33. The Hall–Kier alpha value is -2.00. The van der Waals surface area contributed by atoms with Gasteiger partial charge in [-0.1, -0.05) is 30.3 Å². The molecule has 0 atom stereocenters. The van der Waals surface area contributed by atoms with Crippen molar-refractivity contribution < 1.29 is 8.42 Å². The van der Waals surface area contributed by atoms with Crippen molar-refractivity contribution in [1.82, 2.24) is 13.8 Å². The standard InChI is InChI=1S/C20H23N3O3S2/c1-21-14-18(15-6-4-3-5-7-15)19-17(20(21)24)12-16(27-19)13-22-8-10-23(11-9-22)28(2,25)26/h3-7,12,14H,8-11,13H2,1-2H3. The van der Waals surface area contributed by atoms with E-state index in [0.717, 1.165) is 32.6 Å². The molecule has 3 aromatic rings. The Labute approximate surface area is 168 Å². The molecule has 0 unspecified atom stereocenters. The van der Waals surface area contributed by atoms with Gasteiger partial charge in [0.1, 0.15) is 0 Å². The first-order valence-corrected chi connectivity index (χ1v) is 11.8. The van der Waals surface area contributed by atoms with Gasteiger partial charge in [0.25, 0.3) is 5.56 Å². The zero-order valence-electron chi connectivity index (χ0n) is 16.0. The summed E-state index contributed by atoms with van der Waals surface area (Å²) in [6, 6.07) is 12.1. The largest absolute Gasteiger partial charge is 0.317 e. The van der Waals surface area contributed by atoms with Crippen LogP contribution in [0.3, 0.4) is 0 Å². The number of aryl methyl sites for hydroxylation is 1. The second-order valence-electron chi connectivity index (χ2n) is 7.22. The molecular weight excluding hydrogens is 394 g/mol. The molecule has 0 saturated carbocycles. The van der Waals surface area contributed by atoms with Crippen molar-refractivity contribution >= 4 is 31.4 Å². The molecule has 1 aliphatic heterocycles. The fourth-order valence-electron chi connectivity index (χ4n) is 3.64. The van der Waals surface area contributed by atoms with Crippen molar-refractivity contribution in [3.8, 4) is 11.1 Å². The molecule has 148 valence electrons. The maximum Gasteiger partial charge on any atom is 0.259 e. The summed E-state index contributed by atoms with van der Waals surface area (Å²) in [6.45, 7) is 3.16. The average Bonchev–Trinajstić information content (AvgIpc) is 3.09. The van der Waals surface area contributed by atoms with E-state index in [0.29, 0.717) is 26.2 Å². The molecule has 0 N–H and O–H groups in total. The summed E-state index contributed by atoms with van der Waals surface area (Å²) in [6.07, 6.45) is 3.17. The summed E-state index contributed by atoms with van der Waals surface area (Å²) in [5, 5.41) is 0.749. The van der Waals surface area contributed by atoms with Crippen LogP contribution in [0, 0.1) is 0 Å². The minimum atomic E-state index is -3.12. The summed E-state index contributed by atoms with van der Waals surface area (Å²) < 4.78 is 27.5. The predicted octanol–water partition coefficient (Wildman–Crippen LogP) is 2.34. The number of benzene rings is 1. The lowest BCUT2D eigenvalue weighted by Gasteiger charge is -2.32. The molecule has 1 aliphatic rings. The molecule has 4 rings (SSSR count). The Balaban J connectivity index is 1.64. The zero-order chi connectivity index (χ0) is 19.9. The normalized spacial score (nSPS) is 16.6. The van der Waals surface area contributed by atoms with Crippen molar-refractivity contribution in [2.75, 3.05) is 32.4 Å². The first kappa shape index (κ1) is 19.3. The number of nitrogens with zero attached hydrogens (tertiary/aromatic N) is 3. The molecule has 28 heavy (non-hydrogen) atoms. The number of sulfonamides is 1. The van der Waals surface area contributed by atoms with Crippen LogP contribution in [-0.2, 0) is 23.6 Å². The topological polar surface area (TPSA) is 62.6 Å². The first-order valence-electron chi connectivity index (χ1n) is 9.18. The number of aromatic nitrogens is 1. The molecule has 1 saturated heterocycles. The number of thiophene rings is 1.